The van der Waals surface area contributed by atoms with Crippen molar-refractivity contribution in [3.05, 3.63) is 35.9 Å². The van der Waals surface area contributed by atoms with E-state index < -0.39 is 12.0 Å². The molecule has 23 heavy (non-hydrogen) atoms. The number of nitrogens with one attached hydrogen (secondary N) is 1. The lowest BCUT2D eigenvalue weighted by atomic mass is 10.00. The third kappa shape index (κ3) is 6.02. The highest BCUT2D eigenvalue weighted by Crippen LogP contribution is 2.18. The third-order valence-electron chi connectivity index (χ3n) is 4.31. The molecule has 0 spiro atoms. The summed E-state index contributed by atoms with van der Waals surface area (Å²) in [5.41, 5.74) is 0.829. The zero-order valence-electron chi connectivity index (χ0n) is 13.7. The highest BCUT2D eigenvalue weighted by molar-refractivity contribution is 5.77. The van der Waals surface area contributed by atoms with Gasteiger partial charge < -0.3 is 15.3 Å². The van der Waals surface area contributed by atoms with Crippen molar-refractivity contribution in [2.24, 2.45) is 5.92 Å². The van der Waals surface area contributed by atoms with Crippen molar-refractivity contribution in [2.45, 2.75) is 38.6 Å². The summed E-state index contributed by atoms with van der Waals surface area (Å²) in [4.78, 5) is 25.6. The number of rotatable bonds is 7. The lowest BCUT2D eigenvalue weighted by Gasteiger charge is -2.30. The van der Waals surface area contributed by atoms with Crippen LogP contribution in [0.3, 0.4) is 0 Å². The van der Waals surface area contributed by atoms with Gasteiger partial charge in [0.15, 0.2) is 0 Å². The molecule has 0 aliphatic carbocycles. The van der Waals surface area contributed by atoms with Gasteiger partial charge in [-0.05, 0) is 30.9 Å². The number of nitrogens with zero attached hydrogens (tertiary/aromatic N) is 1. The van der Waals surface area contributed by atoms with E-state index in [1.807, 2.05) is 30.3 Å². The molecule has 1 aromatic carbocycles. The van der Waals surface area contributed by atoms with Crippen molar-refractivity contribution in [1.29, 1.82) is 0 Å². The fourth-order valence-corrected chi connectivity index (χ4v) is 3.13. The number of carboxylic acid groups (broad SMARTS) is 1. The van der Waals surface area contributed by atoms with E-state index in [0.717, 1.165) is 25.2 Å². The summed E-state index contributed by atoms with van der Waals surface area (Å²) in [6, 6.07) is 8.80. The molecule has 1 aliphatic heterocycles. The summed E-state index contributed by atoms with van der Waals surface area (Å²) < 4.78 is 0. The Bertz CT molecular complexity index is 518. The first kappa shape index (κ1) is 17.5. The van der Waals surface area contributed by atoms with E-state index in [-0.39, 0.29) is 12.3 Å². The van der Waals surface area contributed by atoms with E-state index in [4.69, 9.17) is 5.11 Å². The summed E-state index contributed by atoms with van der Waals surface area (Å²) in [6.07, 6.45) is 2.76. The number of carboxylic acids is 1. The van der Waals surface area contributed by atoms with Crippen LogP contribution in [0.2, 0.25) is 0 Å². The number of carbonyl (C=O) groups is 2. The number of likely N-dealkylation sites (tertiary alicyclic amines) is 1. The molecule has 5 heteroatoms. The van der Waals surface area contributed by atoms with Crippen LogP contribution < -0.4 is 5.32 Å². The average Bonchev–Trinajstić information content (AvgIpc) is 2.53. The second-order valence-electron chi connectivity index (χ2n) is 6.43. The van der Waals surface area contributed by atoms with E-state index in [9.17, 15) is 9.59 Å². The molecule has 1 aromatic rings. The standard InChI is InChI=1S/C18H26N2O3/c1-14-6-5-10-20(13-14)11-9-17(21)19-16(12-18(22)23)15-7-3-2-4-8-15/h2-4,7-8,14,16H,5-6,9-13H2,1H3,(H,19,21)(H,22,23). The molecule has 0 saturated carbocycles. The van der Waals surface area contributed by atoms with Crippen LogP contribution in [0, 0.1) is 5.92 Å². The average molecular weight is 318 g/mol. The minimum atomic E-state index is -0.913. The fourth-order valence-electron chi connectivity index (χ4n) is 3.13. The van der Waals surface area contributed by atoms with E-state index in [1.165, 1.54) is 12.8 Å². The predicted molar refractivity (Wildman–Crippen MR) is 89.0 cm³/mol. The Hall–Kier alpha value is -1.88. The maximum atomic E-state index is 12.2. The van der Waals surface area contributed by atoms with Gasteiger partial charge in [-0.25, -0.2) is 0 Å². The summed E-state index contributed by atoms with van der Waals surface area (Å²) in [5.74, 6) is -0.307. The van der Waals surface area contributed by atoms with Crippen LogP contribution in [0.4, 0.5) is 0 Å². The molecule has 5 nitrogen and oxygen atoms in total. The van der Waals surface area contributed by atoms with Crippen LogP contribution >= 0.6 is 0 Å². The molecule has 1 heterocycles. The number of carbonyl (C=O) groups excluding carboxylic acids is 1. The molecular weight excluding hydrogens is 292 g/mol. The molecule has 2 unspecified atom stereocenters. The van der Waals surface area contributed by atoms with Gasteiger partial charge in [0.1, 0.15) is 0 Å². The maximum Gasteiger partial charge on any atom is 0.305 e. The van der Waals surface area contributed by atoms with Crippen LogP contribution in [0.1, 0.15) is 44.2 Å². The van der Waals surface area contributed by atoms with Crippen LogP contribution in [-0.4, -0.2) is 41.5 Å². The highest BCUT2D eigenvalue weighted by atomic mass is 16.4. The van der Waals surface area contributed by atoms with Crippen molar-refractivity contribution < 1.29 is 14.7 Å². The second-order valence-corrected chi connectivity index (χ2v) is 6.43. The quantitative estimate of drug-likeness (QED) is 0.810. The first-order valence-electron chi connectivity index (χ1n) is 8.33. The van der Waals surface area contributed by atoms with Gasteiger partial charge in [-0.15, -0.1) is 0 Å². The second kappa shape index (κ2) is 8.67. The van der Waals surface area contributed by atoms with E-state index >= 15 is 0 Å². The Morgan fingerprint density at radius 3 is 2.74 bits per heavy atom. The van der Waals surface area contributed by atoms with Crippen molar-refractivity contribution in [2.75, 3.05) is 19.6 Å². The molecule has 2 atom stereocenters. The molecule has 1 aliphatic rings. The largest absolute Gasteiger partial charge is 0.481 e. The van der Waals surface area contributed by atoms with Gasteiger partial charge in [-0.1, -0.05) is 37.3 Å². The minimum absolute atomic E-state index is 0.0849. The van der Waals surface area contributed by atoms with Gasteiger partial charge in [0, 0.05) is 19.5 Å². The predicted octanol–water partition coefficient (Wildman–Crippen LogP) is 2.44. The van der Waals surface area contributed by atoms with Gasteiger partial charge in [0.05, 0.1) is 12.5 Å². The summed E-state index contributed by atoms with van der Waals surface area (Å²) in [6.45, 7) is 5.08. The van der Waals surface area contributed by atoms with E-state index in [2.05, 4.69) is 17.1 Å². The molecule has 0 aromatic heterocycles. The van der Waals surface area contributed by atoms with Crippen molar-refractivity contribution in [3.8, 4) is 0 Å². The van der Waals surface area contributed by atoms with Crippen LogP contribution in [0.15, 0.2) is 30.3 Å². The topological polar surface area (TPSA) is 69.6 Å². The molecule has 0 bridgehead atoms. The Morgan fingerprint density at radius 2 is 2.09 bits per heavy atom. The number of hydrogen-bond donors (Lipinski definition) is 2. The minimum Gasteiger partial charge on any atom is -0.481 e. The summed E-state index contributed by atoms with van der Waals surface area (Å²) in [5, 5.41) is 11.9. The number of amides is 1. The van der Waals surface area contributed by atoms with Crippen molar-refractivity contribution >= 4 is 11.9 Å². The van der Waals surface area contributed by atoms with E-state index in [0.29, 0.717) is 12.3 Å². The van der Waals surface area contributed by atoms with Crippen LogP contribution in [0.5, 0.6) is 0 Å². The monoisotopic (exact) mass is 318 g/mol. The van der Waals surface area contributed by atoms with Crippen LogP contribution in [-0.2, 0) is 9.59 Å². The smallest absolute Gasteiger partial charge is 0.305 e. The lowest BCUT2D eigenvalue weighted by molar-refractivity contribution is -0.137. The zero-order valence-corrected chi connectivity index (χ0v) is 13.7. The van der Waals surface area contributed by atoms with Gasteiger partial charge in [0.2, 0.25) is 5.91 Å². The van der Waals surface area contributed by atoms with Crippen LogP contribution in [0.25, 0.3) is 0 Å². The van der Waals surface area contributed by atoms with Gasteiger partial charge in [-0.2, -0.15) is 0 Å². The highest BCUT2D eigenvalue weighted by Gasteiger charge is 2.20. The molecule has 1 saturated heterocycles. The Labute approximate surface area is 137 Å². The number of hydrogen-bond acceptors (Lipinski definition) is 3. The fraction of sp³-hybridized carbons (Fsp3) is 0.556. The summed E-state index contributed by atoms with van der Waals surface area (Å²) in [7, 11) is 0. The number of aliphatic carboxylic acids is 1. The molecule has 1 amide bonds. The molecule has 0 radical (unpaired) electrons. The molecule has 2 N–H and O–H groups in total. The normalized spacial score (nSPS) is 20.0. The maximum absolute atomic E-state index is 12.2. The first-order valence-corrected chi connectivity index (χ1v) is 8.33. The Morgan fingerprint density at radius 1 is 1.35 bits per heavy atom. The third-order valence-corrected chi connectivity index (χ3v) is 4.31. The molecule has 1 fully saturated rings. The zero-order chi connectivity index (χ0) is 16.7. The SMILES string of the molecule is CC1CCCN(CCC(=O)NC(CC(=O)O)c2ccccc2)C1. The Balaban J connectivity index is 1.86. The van der Waals surface area contributed by atoms with Crippen molar-refractivity contribution in [1.82, 2.24) is 10.2 Å². The number of piperidine rings is 1. The van der Waals surface area contributed by atoms with Gasteiger partial charge in [-0.3, -0.25) is 9.59 Å². The number of benzene rings is 1. The first-order chi connectivity index (χ1) is 11.0. The Kier molecular flexibility index (Phi) is 6.59. The summed E-state index contributed by atoms with van der Waals surface area (Å²) >= 11 is 0. The molecular formula is C18H26N2O3. The molecule has 2 rings (SSSR count). The molecule has 126 valence electrons. The lowest BCUT2D eigenvalue weighted by Crippen LogP contribution is -2.38. The van der Waals surface area contributed by atoms with Gasteiger partial charge >= 0.3 is 5.97 Å². The van der Waals surface area contributed by atoms with E-state index in [1.54, 1.807) is 0 Å². The van der Waals surface area contributed by atoms with Gasteiger partial charge in [0.25, 0.3) is 0 Å². The van der Waals surface area contributed by atoms with Crippen molar-refractivity contribution in [3.63, 3.8) is 0 Å².